The van der Waals surface area contributed by atoms with Crippen LogP contribution in [-0.2, 0) is 0 Å². The van der Waals surface area contributed by atoms with E-state index in [-0.39, 0.29) is 6.61 Å². The van der Waals surface area contributed by atoms with Crippen LogP contribution in [0.3, 0.4) is 0 Å². The molecule has 0 unspecified atom stereocenters. The maximum Gasteiger partial charge on any atom is 0.0549 e. The Balaban J connectivity index is 2.39. The van der Waals surface area contributed by atoms with E-state index in [2.05, 4.69) is 21.2 Å². The van der Waals surface area contributed by atoms with Crippen molar-refractivity contribution in [3.8, 4) is 0 Å². The number of nitrogens with one attached hydrogen (secondary N) is 1. The van der Waals surface area contributed by atoms with Crippen molar-refractivity contribution in [2.45, 2.75) is 12.8 Å². The minimum absolute atomic E-state index is 0.256. The Labute approximate surface area is 97.4 Å². The van der Waals surface area contributed by atoms with Gasteiger partial charge in [-0.2, -0.15) is 0 Å². The predicted octanol–water partition coefficient (Wildman–Crippen LogP) is 3.29. The van der Waals surface area contributed by atoms with E-state index in [4.69, 9.17) is 16.7 Å². The smallest absolute Gasteiger partial charge is 0.0549 e. The average Bonchev–Trinajstić information content (AvgIpc) is 2.18. The molecule has 0 amide bonds. The first-order chi connectivity index (χ1) is 6.74. The number of halogens is 2. The van der Waals surface area contributed by atoms with E-state index in [0.29, 0.717) is 5.02 Å². The molecule has 0 spiro atoms. The van der Waals surface area contributed by atoms with Gasteiger partial charge in [0.05, 0.1) is 5.02 Å². The number of hydrogen-bond acceptors (Lipinski definition) is 2. The molecule has 0 saturated carbocycles. The van der Waals surface area contributed by atoms with Crippen LogP contribution in [0.4, 0.5) is 5.69 Å². The van der Waals surface area contributed by atoms with E-state index in [1.165, 1.54) is 0 Å². The molecule has 4 heteroatoms. The molecule has 0 radical (unpaired) electrons. The molecule has 0 heterocycles. The van der Waals surface area contributed by atoms with Crippen LogP contribution in [0.15, 0.2) is 22.7 Å². The lowest BCUT2D eigenvalue weighted by Gasteiger charge is -2.06. The highest BCUT2D eigenvalue weighted by atomic mass is 79.9. The molecule has 78 valence electrons. The summed E-state index contributed by atoms with van der Waals surface area (Å²) < 4.78 is 0.895. The van der Waals surface area contributed by atoms with Crippen molar-refractivity contribution in [1.29, 1.82) is 0 Å². The van der Waals surface area contributed by atoms with E-state index in [0.717, 1.165) is 29.5 Å². The van der Waals surface area contributed by atoms with Gasteiger partial charge in [-0.3, -0.25) is 0 Å². The molecule has 14 heavy (non-hydrogen) atoms. The zero-order valence-corrected chi connectivity index (χ0v) is 10.1. The fraction of sp³-hybridized carbons (Fsp3) is 0.400. The number of rotatable bonds is 5. The molecule has 1 aromatic carbocycles. The van der Waals surface area contributed by atoms with Crippen LogP contribution in [0, 0.1) is 0 Å². The maximum absolute atomic E-state index is 8.59. The summed E-state index contributed by atoms with van der Waals surface area (Å²) in [5, 5.41) is 12.6. The Kier molecular flexibility index (Phi) is 5.30. The second-order valence-electron chi connectivity index (χ2n) is 2.99. The monoisotopic (exact) mass is 277 g/mol. The summed E-state index contributed by atoms with van der Waals surface area (Å²) in [5.41, 5.74) is 1.04. The summed E-state index contributed by atoms with van der Waals surface area (Å²) in [6, 6.07) is 5.73. The molecular formula is C10H13BrClNO. The second kappa shape index (κ2) is 6.27. The van der Waals surface area contributed by atoms with Crippen LogP contribution in [-0.4, -0.2) is 18.3 Å². The minimum Gasteiger partial charge on any atom is -0.396 e. The van der Waals surface area contributed by atoms with Crippen molar-refractivity contribution in [2.75, 3.05) is 18.5 Å². The predicted molar refractivity (Wildman–Crippen MR) is 64.0 cm³/mol. The fourth-order valence-electron chi connectivity index (χ4n) is 1.08. The lowest BCUT2D eigenvalue weighted by molar-refractivity contribution is 0.286. The van der Waals surface area contributed by atoms with Crippen LogP contribution < -0.4 is 5.32 Å². The Morgan fingerprint density at radius 3 is 2.79 bits per heavy atom. The minimum atomic E-state index is 0.256. The Morgan fingerprint density at radius 2 is 2.14 bits per heavy atom. The average molecular weight is 279 g/mol. The molecule has 0 aliphatic carbocycles. The number of unbranched alkanes of at least 4 members (excludes halogenated alkanes) is 1. The Morgan fingerprint density at radius 1 is 1.36 bits per heavy atom. The molecule has 0 saturated heterocycles. The van der Waals surface area contributed by atoms with Crippen molar-refractivity contribution >= 4 is 33.2 Å². The number of hydrogen-bond donors (Lipinski definition) is 2. The van der Waals surface area contributed by atoms with Gasteiger partial charge in [-0.1, -0.05) is 11.6 Å². The largest absolute Gasteiger partial charge is 0.396 e. The lowest BCUT2D eigenvalue weighted by Crippen LogP contribution is -2.02. The zero-order chi connectivity index (χ0) is 10.4. The van der Waals surface area contributed by atoms with Gasteiger partial charge in [-0.25, -0.2) is 0 Å². The fourth-order valence-corrected chi connectivity index (χ4v) is 1.57. The summed E-state index contributed by atoms with van der Waals surface area (Å²) in [5.74, 6) is 0. The molecule has 0 aromatic heterocycles. The first-order valence-electron chi connectivity index (χ1n) is 4.54. The highest BCUT2D eigenvalue weighted by Gasteiger charge is 1.97. The molecule has 2 nitrogen and oxygen atoms in total. The van der Waals surface area contributed by atoms with Gasteiger partial charge in [0, 0.05) is 23.3 Å². The highest BCUT2D eigenvalue weighted by molar-refractivity contribution is 9.10. The SMILES string of the molecule is OCCCCNc1ccc(Cl)c(Br)c1. The van der Waals surface area contributed by atoms with E-state index >= 15 is 0 Å². The topological polar surface area (TPSA) is 32.3 Å². The van der Waals surface area contributed by atoms with Crippen LogP contribution in [0.1, 0.15) is 12.8 Å². The molecule has 2 N–H and O–H groups in total. The van der Waals surface area contributed by atoms with Crippen molar-refractivity contribution < 1.29 is 5.11 Å². The molecule has 0 aliphatic heterocycles. The van der Waals surface area contributed by atoms with Crippen molar-refractivity contribution in [3.63, 3.8) is 0 Å². The first kappa shape index (κ1) is 11.8. The van der Waals surface area contributed by atoms with Crippen LogP contribution in [0.2, 0.25) is 5.02 Å². The second-order valence-corrected chi connectivity index (χ2v) is 4.25. The number of aliphatic hydroxyl groups is 1. The molecular weight excluding hydrogens is 265 g/mol. The van der Waals surface area contributed by atoms with E-state index in [1.807, 2.05) is 18.2 Å². The van der Waals surface area contributed by atoms with Crippen molar-refractivity contribution in [2.24, 2.45) is 0 Å². The van der Waals surface area contributed by atoms with Gasteiger partial charge in [-0.05, 0) is 47.0 Å². The normalized spacial score (nSPS) is 10.2. The van der Waals surface area contributed by atoms with Gasteiger partial charge in [0.15, 0.2) is 0 Å². The van der Waals surface area contributed by atoms with E-state index < -0.39 is 0 Å². The quantitative estimate of drug-likeness (QED) is 0.810. The molecule has 0 fully saturated rings. The van der Waals surface area contributed by atoms with E-state index in [9.17, 15) is 0 Å². The van der Waals surface area contributed by atoms with Crippen molar-refractivity contribution in [3.05, 3.63) is 27.7 Å². The van der Waals surface area contributed by atoms with Crippen LogP contribution in [0.25, 0.3) is 0 Å². The summed E-state index contributed by atoms with van der Waals surface area (Å²) in [4.78, 5) is 0. The third-order valence-electron chi connectivity index (χ3n) is 1.83. The van der Waals surface area contributed by atoms with Gasteiger partial charge < -0.3 is 10.4 Å². The Bertz CT molecular complexity index is 293. The van der Waals surface area contributed by atoms with Gasteiger partial charge in [0.2, 0.25) is 0 Å². The summed E-state index contributed by atoms with van der Waals surface area (Å²) in [6.45, 7) is 1.13. The lowest BCUT2D eigenvalue weighted by atomic mass is 10.3. The third-order valence-corrected chi connectivity index (χ3v) is 3.05. The van der Waals surface area contributed by atoms with Crippen LogP contribution >= 0.6 is 27.5 Å². The van der Waals surface area contributed by atoms with Gasteiger partial charge in [0.1, 0.15) is 0 Å². The summed E-state index contributed by atoms with van der Waals surface area (Å²) in [7, 11) is 0. The summed E-state index contributed by atoms with van der Waals surface area (Å²) in [6.07, 6.45) is 1.80. The zero-order valence-electron chi connectivity index (χ0n) is 7.76. The van der Waals surface area contributed by atoms with Crippen molar-refractivity contribution in [1.82, 2.24) is 0 Å². The third kappa shape index (κ3) is 3.86. The van der Waals surface area contributed by atoms with Crippen LogP contribution in [0.5, 0.6) is 0 Å². The molecule has 1 aromatic rings. The van der Waals surface area contributed by atoms with Gasteiger partial charge in [-0.15, -0.1) is 0 Å². The van der Waals surface area contributed by atoms with Gasteiger partial charge in [0.25, 0.3) is 0 Å². The molecule has 0 aliphatic rings. The molecule has 0 bridgehead atoms. The van der Waals surface area contributed by atoms with Gasteiger partial charge >= 0.3 is 0 Å². The maximum atomic E-state index is 8.59. The first-order valence-corrected chi connectivity index (χ1v) is 5.71. The molecule has 0 atom stereocenters. The number of benzene rings is 1. The number of anilines is 1. The Hall–Kier alpha value is -0.250. The molecule has 1 rings (SSSR count). The van der Waals surface area contributed by atoms with E-state index in [1.54, 1.807) is 0 Å². The standard InChI is InChI=1S/C10H13BrClNO/c11-9-7-8(3-4-10(9)12)13-5-1-2-6-14/h3-4,7,13-14H,1-2,5-6H2. The summed E-state index contributed by atoms with van der Waals surface area (Å²) >= 11 is 9.21. The number of aliphatic hydroxyl groups excluding tert-OH is 1. The highest BCUT2D eigenvalue weighted by Crippen LogP contribution is 2.25.